The highest BCUT2D eigenvalue weighted by molar-refractivity contribution is 5.83. The summed E-state index contributed by atoms with van der Waals surface area (Å²) in [6, 6.07) is 10.3. The SMILES string of the molecule is CC(=O)N1CCN(c2cc(NCCc3c[nH]c4ccccc34)ncn2)CC1. The zero-order valence-electron chi connectivity index (χ0n) is 15.5. The molecule has 0 atom stereocenters. The van der Waals surface area contributed by atoms with Gasteiger partial charge in [-0.3, -0.25) is 4.79 Å². The van der Waals surface area contributed by atoms with Crippen molar-refractivity contribution in [2.45, 2.75) is 13.3 Å². The van der Waals surface area contributed by atoms with Gasteiger partial charge in [0.2, 0.25) is 5.91 Å². The lowest BCUT2D eigenvalue weighted by atomic mass is 10.1. The quantitative estimate of drug-likeness (QED) is 0.726. The summed E-state index contributed by atoms with van der Waals surface area (Å²) in [5.41, 5.74) is 2.47. The minimum Gasteiger partial charge on any atom is -0.370 e. The van der Waals surface area contributed by atoms with Crippen LogP contribution in [0.5, 0.6) is 0 Å². The number of hydrogen-bond acceptors (Lipinski definition) is 5. The predicted octanol–water partition coefficient (Wildman–Crippen LogP) is 2.28. The van der Waals surface area contributed by atoms with Crippen LogP contribution in [-0.2, 0) is 11.2 Å². The molecule has 1 aromatic carbocycles. The Hall–Kier alpha value is -3.09. The van der Waals surface area contributed by atoms with Crippen molar-refractivity contribution in [2.24, 2.45) is 0 Å². The maximum absolute atomic E-state index is 11.5. The monoisotopic (exact) mass is 364 g/mol. The topological polar surface area (TPSA) is 77.2 Å². The van der Waals surface area contributed by atoms with Crippen LogP contribution in [0, 0.1) is 0 Å². The van der Waals surface area contributed by atoms with Crippen molar-refractivity contribution in [3.05, 3.63) is 48.4 Å². The van der Waals surface area contributed by atoms with Crippen molar-refractivity contribution in [3.8, 4) is 0 Å². The lowest BCUT2D eigenvalue weighted by molar-refractivity contribution is -0.129. The number of fused-ring (bicyclic) bond motifs is 1. The number of nitrogens with zero attached hydrogens (tertiary/aromatic N) is 4. The van der Waals surface area contributed by atoms with E-state index in [1.807, 2.05) is 17.0 Å². The molecule has 2 N–H and O–H groups in total. The van der Waals surface area contributed by atoms with E-state index in [2.05, 4.69) is 49.6 Å². The standard InChI is InChI=1S/C20H24N6O/c1-15(27)25-8-10-26(11-9-25)20-12-19(23-14-24-20)21-7-6-16-13-22-18-5-3-2-4-17(16)18/h2-5,12-14,22H,6-11H2,1H3,(H,21,23,24). The first kappa shape index (κ1) is 17.3. The van der Waals surface area contributed by atoms with Gasteiger partial charge in [-0.05, 0) is 18.1 Å². The number of anilines is 2. The van der Waals surface area contributed by atoms with Gasteiger partial charge in [0.25, 0.3) is 0 Å². The van der Waals surface area contributed by atoms with Crippen LogP contribution in [0.1, 0.15) is 12.5 Å². The first-order valence-corrected chi connectivity index (χ1v) is 9.32. The fourth-order valence-electron chi connectivity index (χ4n) is 3.53. The number of piperazine rings is 1. The summed E-state index contributed by atoms with van der Waals surface area (Å²) in [6.07, 6.45) is 4.59. The second-order valence-electron chi connectivity index (χ2n) is 6.79. The molecular formula is C20H24N6O. The molecule has 27 heavy (non-hydrogen) atoms. The van der Waals surface area contributed by atoms with Gasteiger partial charge in [-0.1, -0.05) is 18.2 Å². The minimum absolute atomic E-state index is 0.136. The zero-order valence-corrected chi connectivity index (χ0v) is 15.5. The number of aromatic nitrogens is 3. The maximum atomic E-state index is 11.5. The van der Waals surface area contributed by atoms with E-state index in [4.69, 9.17) is 0 Å². The number of carbonyl (C=O) groups excluding carboxylic acids is 1. The molecular weight excluding hydrogens is 340 g/mol. The van der Waals surface area contributed by atoms with Crippen LogP contribution < -0.4 is 10.2 Å². The van der Waals surface area contributed by atoms with Gasteiger partial charge < -0.3 is 20.1 Å². The Morgan fingerprint density at radius 2 is 2.00 bits per heavy atom. The fraction of sp³-hybridized carbons (Fsp3) is 0.350. The van der Waals surface area contributed by atoms with Crippen LogP contribution in [0.4, 0.5) is 11.6 Å². The summed E-state index contributed by atoms with van der Waals surface area (Å²) in [5.74, 6) is 1.87. The Balaban J connectivity index is 1.35. The van der Waals surface area contributed by atoms with Crippen molar-refractivity contribution in [3.63, 3.8) is 0 Å². The smallest absolute Gasteiger partial charge is 0.219 e. The average Bonchev–Trinajstić information content (AvgIpc) is 3.12. The molecule has 1 aliphatic heterocycles. The summed E-state index contributed by atoms with van der Waals surface area (Å²) in [7, 11) is 0. The van der Waals surface area contributed by atoms with Gasteiger partial charge >= 0.3 is 0 Å². The second-order valence-corrected chi connectivity index (χ2v) is 6.79. The van der Waals surface area contributed by atoms with E-state index in [0.29, 0.717) is 0 Å². The molecule has 1 amide bonds. The minimum atomic E-state index is 0.136. The van der Waals surface area contributed by atoms with Crippen LogP contribution in [0.25, 0.3) is 10.9 Å². The highest BCUT2D eigenvalue weighted by Gasteiger charge is 2.19. The van der Waals surface area contributed by atoms with E-state index in [1.54, 1.807) is 13.3 Å². The Bertz CT molecular complexity index is 929. The van der Waals surface area contributed by atoms with Crippen LogP contribution >= 0.6 is 0 Å². The third kappa shape index (κ3) is 3.86. The number of rotatable bonds is 5. The summed E-state index contributed by atoms with van der Waals surface area (Å²) >= 11 is 0. The van der Waals surface area contributed by atoms with Gasteiger partial charge in [-0.15, -0.1) is 0 Å². The first-order chi connectivity index (χ1) is 13.2. The normalized spacial score (nSPS) is 14.6. The summed E-state index contributed by atoms with van der Waals surface area (Å²) in [5, 5.41) is 4.67. The van der Waals surface area contributed by atoms with Crippen molar-refractivity contribution in [2.75, 3.05) is 42.9 Å². The summed E-state index contributed by atoms with van der Waals surface area (Å²) in [6.45, 7) is 5.49. The van der Waals surface area contributed by atoms with E-state index < -0.39 is 0 Å². The fourth-order valence-corrected chi connectivity index (χ4v) is 3.53. The van der Waals surface area contributed by atoms with Crippen molar-refractivity contribution < 1.29 is 4.79 Å². The largest absolute Gasteiger partial charge is 0.370 e. The molecule has 0 unspecified atom stereocenters. The number of benzene rings is 1. The van der Waals surface area contributed by atoms with E-state index in [9.17, 15) is 4.79 Å². The molecule has 0 radical (unpaired) electrons. The number of hydrogen-bond donors (Lipinski definition) is 2. The molecule has 140 valence electrons. The van der Waals surface area contributed by atoms with Crippen molar-refractivity contribution in [1.29, 1.82) is 0 Å². The number of H-pyrrole nitrogens is 1. The number of nitrogens with one attached hydrogen (secondary N) is 2. The Morgan fingerprint density at radius 1 is 1.19 bits per heavy atom. The Morgan fingerprint density at radius 3 is 2.81 bits per heavy atom. The lowest BCUT2D eigenvalue weighted by Crippen LogP contribution is -2.48. The first-order valence-electron chi connectivity index (χ1n) is 9.32. The highest BCUT2D eigenvalue weighted by Crippen LogP contribution is 2.19. The lowest BCUT2D eigenvalue weighted by Gasteiger charge is -2.34. The zero-order chi connectivity index (χ0) is 18.6. The van der Waals surface area contributed by atoms with Crippen LogP contribution in [0.15, 0.2) is 42.9 Å². The van der Waals surface area contributed by atoms with Crippen molar-refractivity contribution in [1.82, 2.24) is 19.9 Å². The molecule has 3 aromatic rings. The number of carbonyl (C=O) groups is 1. The predicted molar refractivity (Wildman–Crippen MR) is 107 cm³/mol. The maximum Gasteiger partial charge on any atom is 0.219 e. The highest BCUT2D eigenvalue weighted by atomic mass is 16.2. The molecule has 0 spiro atoms. The molecule has 0 aliphatic carbocycles. The van der Waals surface area contributed by atoms with Crippen molar-refractivity contribution >= 4 is 28.4 Å². The third-order valence-electron chi connectivity index (χ3n) is 5.08. The Labute approximate surface area is 158 Å². The van der Waals surface area contributed by atoms with Crippen LogP contribution in [-0.4, -0.2) is 58.5 Å². The van der Waals surface area contributed by atoms with E-state index >= 15 is 0 Å². The number of para-hydroxylation sites is 1. The molecule has 7 heteroatoms. The number of aromatic amines is 1. The van der Waals surface area contributed by atoms with Gasteiger partial charge in [0.1, 0.15) is 18.0 Å². The van der Waals surface area contributed by atoms with Gasteiger partial charge in [-0.25, -0.2) is 9.97 Å². The average molecular weight is 364 g/mol. The van der Waals surface area contributed by atoms with Gasteiger partial charge in [-0.2, -0.15) is 0 Å². The van der Waals surface area contributed by atoms with Gasteiger partial charge in [0, 0.05) is 62.8 Å². The Kier molecular flexibility index (Phi) is 4.91. The number of amides is 1. The molecule has 3 heterocycles. The third-order valence-corrected chi connectivity index (χ3v) is 5.08. The van der Waals surface area contributed by atoms with Gasteiger partial charge in [0.05, 0.1) is 0 Å². The van der Waals surface area contributed by atoms with E-state index in [-0.39, 0.29) is 5.91 Å². The molecule has 7 nitrogen and oxygen atoms in total. The van der Waals surface area contributed by atoms with E-state index in [1.165, 1.54) is 16.5 Å². The second kappa shape index (κ2) is 7.65. The van der Waals surface area contributed by atoms with E-state index in [0.717, 1.165) is 50.8 Å². The van der Waals surface area contributed by atoms with Gasteiger partial charge in [0.15, 0.2) is 0 Å². The molecule has 0 bridgehead atoms. The molecule has 2 aromatic heterocycles. The molecule has 0 saturated carbocycles. The summed E-state index contributed by atoms with van der Waals surface area (Å²) in [4.78, 5) is 27.6. The molecule has 4 rings (SSSR count). The molecule has 1 fully saturated rings. The van der Waals surface area contributed by atoms with Crippen LogP contribution in [0.2, 0.25) is 0 Å². The van der Waals surface area contributed by atoms with Crippen LogP contribution in [0.3, 0.4) is 0 Å². The summed E-state index contributed by atoms with van der Waals surface area (Å²) < 4.78 is 0. The molecule has 1 saturated heterocycles. The molecule has 1 aliphatic rings.